The lowest BCUT2D eigenvalue weighted by molar-refractivity contribution is -0.0454. The number of unbranched alkanes of at least 4 members (excludes halogenated alkanes) is 4. The molecule has 152 valence electrons. The third-order valence-corrected chi connectivity index (χ3v) is 7.64. The summed E-state index contributed by atoms with van der Waals surface area (Å²) in [5, 5.41) is 10.8. The summed E-state index contributed by atoms with van der Waals surface area (Å²) < 4.78 is 12.7. The van der Waals surface area contributed by atoms with Gasteiger partial charge in [-0.05, 0) is 44.5 Å². The Morgan fingerprint density at radius 1 is 1.21 bits per heavy atom. The van der Waals surface area contributed by atoms with Crippen LogP contribution in [0.25, 0.3) is 0 Å². The molecule has 2 bridgehead atoms. The van der Waals surface area contributed by atoms with Gasteiger partial charge in [0.15, 0.2) is 11.5 Å². The van der Waals surface area contributed by atoms with Crippen LogP contribution in [0.4, 0.5) is 0 Å². The molecule has 5 rings (SSSR count). The molecule has 0 unspecified atom stereocenters. The summed E-state index contributed by atoms with van der Waals surface area (Å²) in [6.07, 6.45) is 11.8. The van der Waals surface area contributed by atoms with Gasteiger partial charge >= 0.3 is 0 Å². The average Bonchev–Trinajstić information content (AvgIpc) is 3.05. The van der Waals surface area contributed by atoms with E-state index in [9.17, 15) is 5.11 Å². The molecule has 1 fully saturated rings. The van der Waals surface area contributed by atoms with Gasteiger partial charge in [0.2, 0.25) is 0 Å². The predicted molar refractivity (Wildman–Crippen MR) is 110 cm³/mol. The molecule has 1 spiro atoms. The van der Waals surface area contributed by atoms with E-state index in [0.29, 0.717) is 12.0 Å². The molecule has 0 radical (unpaired) electrons. The highest BCUT2D eigenvalue weighted by atomic mass is 16.5. The summed E-state index contributed by atoms with van der Waals surface area (Å²) >= 11 is 0. The van der Waals surface area contributed by atoms with Crippen molar-refractivity contribution in [3.63, 3.8) is 0 Å². The quantitative estimate of drug-likeness (QED) is 0.574. The van der Waals surface area contributed by atoms with Gasteiger partial charge in [-0.2, -0.15) is 0 Å². The van der Waals surface area contributed by atoms with Gasteiger partial charge in [-0.15, -0.1) is 0 Å². The van der Waals surface area contributed by atoms with E-state index in [1.165, 1.54) is 36.8 Å². The number of hydrogen-bond donors (Lipinski definition) is 1. The van der Waals surface area contributed by atoms with Crippen LogP contribution in [0.2, 0.25) is 0 Å². The number of rotatable bonds is 7. The van der Waals surface area contributed by atoms with Crippen LogP contribution in [0.3, 0.4) is 0 Å². The van der Waals surface area contributed by atoms with E-state index < -0.39 is 6.10 Å². The van der Waals surface area contributed by atoms with Crippen LogP contribution in [0.15, 0.2) is 24.3 Å². The van der Waals surface area contributed by atoms with E-state index >= 15 is 0 Å². The average molecular weight is 384 g/mol. The first-order valence-electron chi connectivity index (χ1n) is 11.2. The van der Waals surface area contributed by atoms with Crippen molar-refractivity contribution in [1.82, 2.24) is 4.90 Å². The van der Waals surface area contributed by atoms with Crippen molar-refractivity contribution in [3.8, 4) is 11.5 Å². The molecule has 2 aliphatic carbocycles. The van der Waals surface area contributed by atoms with E-state index in [1.54, 1.807) is 0 Å². The zero-order valence-electron chi connectivity index (χ0n) is 17.2. The molecule has 1 aromatic carbocycles. The van der Waals surface area contributed by atoms with Gasteiger partial charge in [0.25, 0.3) is 0 Å². The Morgan fingerprint density at radius 3 is 2.93 bits per heavy atom. The molecule has 1 saturated heterocycles. The molecule has 5 atom stereocenters. The number of likely N-dealkylation sites (N-methyl/N-ethyl adjacent to an activating group) is 1. The highest BCUT2D eigenvalue weighted by Crippen LogP contribution is 2.62. The van der Waals surface area contributed by atoms with Crippen molar-refractivity contribution in [1.29, 1.82) is 0 Å². The smallest absolute Gasteiger partial charge is 0.165 e. The number of hydrogen-bond acceptors (Lipinski definition) is 4. The van der Waals surface area contributed by atoms with E-state index in [4.69, 9.17) is 9.47 Å². The standard InChI is InChI=1S/C24H33NO3/c1-3-4-5-6-7-14-27-20-11-8-16-15-18-17-9-10-19(26)23-24(17,12-13-25(18)2)21(16)22(20)28-23/h8-11,17-19,23,26H,3-7,12-15H2,1-2H3/t17-,18+,19-,23-,24-/m0/s1. The topological polar surface area (TPSA) is 41.9 Å². The minimum Gasteiger partial charge on any atom is -0.490 e. The summed E-state index contributed by atoms with van der Waals surface area (Å²) in [4.78, 5) is 2.50. The molecule has 1 aromatic rings. The number of ether oxygens (including phenoxy) is 2. The van der Waals surface area contributed by atoms with E-state index in [0.717, 1.165) is 43.9 Å². The van der Waals surface area contributed by atoms with Crippen LogP contribution in [0, 0.1) is 5.92 Å². The molecule has 0 amide bonds. The lowest BCUT2D eigenvalue weighted by atomic mass is 9.53. The van der Waals surface area contributed by atoms with Crippen LogP contribution >= 0.6 is 0 Å². The minimum atomic E-state index is -0.541. The van der Waals surface area contributed by atoms with Gasteiger partial charge in [0, 0.05) is 22.9 Å². The Bertz CT molecular complexity index is 775. The predicted octanol–water partition coefficient (Wildman–Crippen LogP) is 3.84. The molecule has 2 aliphatic heterocycles. The van der Waals surface area contributed by atoms with Crippen LogP contribution in [0.1, 0.15) is 56.6 Å². The molecule has 0 aromatic heterocycles. The Hall–Kier alpha value is -1.52. The summed E-state index contributed by atoms with van der Waals surface area (Å²) in [6, 6.07) is 4.85. The summed E-state index contributed by atoms with van der Waals surface area (Å²) in [5.74, 6) is 2.21. The fraction of sp³-hybridized carbons (Fsp3) is 0.667. The van der Waals surface area contributed by atoms with Gasteiger partial charge in [-0.1, -0.05) is 50.8 Å². The monoisotopic (exact) mass is 383 g/mol. The molecule has 4 nitrogen and oxygen atoms in total. The molecule has 0 saturated carbocycles. The Labute approximate surface area is 168 Å². The number of piperidine rings is 1. The van der Waals surface area contributed by atoms with Crippen molar-refractivity contribution >= 4 is 0 Å². The molecule has 2 heterocycles. The molecule has 28 heavy (non-hydrogen) atoms. The highest BCUT2D eigenvalue weighted by molar-refractivity contribution is 5.62. The minimum absolute atomic E-state index is 0.0885. The van der Waals surface area contributed by atoms with Gasteiger partial charge in [0.05, 0.1) is 6.61 Å². The Morgan fingerprint density at radius 2 is 2.07 bits per heavy atom. The summed E-state index contributed by atoms with van der Waals surface area (Å²) in [6.45, 7) is 4.04. The molecular weight excluding hydrogens is 350 g/mol. The van der Waals surface area contributed by atoms with Crippen molar-refractivity contribution in [2.45, 2.75) is 75.5 Å². The van der Waals surface area contributed by atoms with Crippen molar-refractivity contribution in [2.24, 2.45) is 5.92 Å². The lowest BCUT2D eigenvalue weighted by Gasteiger charge is -2.56. The Kier molecular flexibility index (Phi) is 4.67. The van der Waals surface area contributed by atoms with Gasteiger partial charge < -0.3 is 19.5 Å². The van der Waals surface area contributed by atoms with Crippen molar-refractivity contribution < 1.29 is 14.6 Å². The van der Waals surface area contributed by atoms with Crippen LogP contribution in [0.5, 0.6) is 11.5 Å². The second kappa shape index (κ2) is 7.07. The first kappa shape index (κ1) is 18.5. The zero-order valence-corrected chi connectivity index (χ0v) is 17.2. The second-order valence-electron chi connectivity index (χ2n) is 9.17. The highest BCUT2D eigenvalue weighted by Gasteiger charge is 2.64. The summed E-state index contributed by atoms with van der Waals surface area (Å²) in [7, 11) is 2.24. The van der Waals surface area contributed by atoms with Crippen molar-refractivity contribution in [3.05, 3.63) is 35.4 Å². The van der Waals surface area contributed by atoms with E-state index in [-0.39, 0.29) is 11.5 Å². The SMILES string of the molecule is CCCCCCCOc1ccc2c3c1O[C@H]1[C@@H](O)C=C[C@H]4[C@@H](C2)N(C)CC[C@@]341. The first-order chi connectivity index (χ1) is 13.7. The van der Waals surface area contributed by atoms with Crippen LogP contribution in [-0.2, 0) is 11.8 Å². The number of benzene rings is 1. The van der Waals surface area contributed by atoms with E-state index in [1.807, 2.05) is 6.08 Å². The van der Waals surface area contributed by atoms with Crippen LogP contribution in [-0.4, -0.2) is 48.5 Å². The van der Waals surface area contributed by atoms with Gasteiger partial charge in [-0.25, -0.2) is 0 Å². The Balaban J connectivity index is 1.45. The first-order valence-corrected chi connectivity index (χ1v) is 11.2. The third kappa shape index (κ3) is 2.57. The van der Waals surface area contributed by atoms with Gasteiger partial charge in [-0.3, -0.25) is 0 Å². The second-order valence-corrected chi connectivity index (χ2v) is 9.17. The molecule has 4 heteroatoms. The van der Waals surface area contributed by atoms with E-state index in [2.05, 4.69) is 37.1 Å². The number of nitrogens with zero attached hydrogens (tertiary/aromatic N) is 1. The zero-order chi connectivity index (χ0) is 19.3. The lowest BCUT2D eigenvalue weighted by Crippen LogP contribution is -2.64. The maximum Gasteiger partial charge on any atom is 0.165 e. The normalized spacial score (nSPS) is 34.8. The fourth-order valence-corrected chi connectivity index (χ4v) is 6.23. The molecular formula is C24H33NO3. The number of aliphatic hydroxyl groups excluding tert-OH is 1. The molecule has 4 aliphatic rings. The number of likely N-dealkylation sites (tertiary alicyclic amines) is 1. The fourth-order valence-electron chi connectivity index (χ4n) is 6.23. The third-order valence-electron chi connectivity index (χ3n) is 7.64. The summed E-state index contributed by atoms with van der Waals surface area (Å²) in [5.41, 5.74) is 2.65. The molecule has 1 N–H and O–H groups in total. The maximum atomic E-state index is 10.8. The van der Waals surface area contributed by atoms with Gasteiger partial charge in [0.1, 0.15) is 12.2 Å². The number of aliphatic hydroxyl groups is 1. The van der Waals surface area contributed by atoms with Crippen molar-refractivity contribution in [2.75, 3.05) is 20.2 Å². The maximum absolute atomic E-state index is 10.8. The van der Waals surface area contributed by atoms with Crippen LogP contribution < -0.4 is 9.47 Å². The largest absolute Gasteiger partial charge is 0.490 e.